The summed E-state index contributed by atoms with van der Waals surface area (Å²) in [5, 5.41) is 2.65. The summed E-state index contributed by atoms with van der Waals surface area (Å²) >= 11 is 1.47. The van der Waals surface area contributed by atoms with E-state index in [4.69, 9.17) is 4.74 Å². The quantitative estimate of drug-likeness (QED) is 0.858. The molecule has 2 aromatic rings. The number of ether oxygens (including phenoxy) is 1. The van der Waals surface area contributed by atoms with Crippen LogP contribution in [0.3, 0.4) is 0 Å². The van der Waals surface area contributed by atoms with Gasteiger partial charge in [0.25, 0.3) is 5.91 Å². The van der Waals surface area contributed by atoms with Crippen molar-refractivity contribution in [1.82, 2.24) is 14.9 Å². The Morgan fingerprint density at radius 3 is 2.83 bits per heavy atom. The Hall–Kier alpha value is -1.79. The third kappa shape index (κ3) is 3.21. The van der Waals surface area contributed by atoms with Crippen LogP contribution in [0.5, 0.6) is 0 Å². The molecule has 0 bridgehead atoms. The highest BCUT2D eigenvalue weighted by atomic mass is 32.1. The lowest BCUT2D eigenvalue weighted by molar-refractivity contribution is 0.0289. The number of amides is 1. The molecule has 0 aliphatic carbocycles. The van der Waals surface area contributed by atoms with Gasteiger partial charge in [-0.15, -0.1) is 11.3 Å². The highest BCUT2D eigenvalue weighted by Gasteiger charge is 2.31. The molecule has 5 nitrogen and oxygen atoms in total. The van der Waals surface area contributed by atoms with Gasteiger partial charge < -0.3 is 9.64 Å². The summed E-state index contributed by atoms with van der Waals surface area (Å²) in [5.41, 5.74) is 1.36. The van der Waals surface area contributed by atoms with Crippen LogP contribution in [0.15, 0.2) is 29.8 Å². The van der Waals surface area contributed by atoms with Crippen molar-refractivity contribution in [3.05, 3.63) is 35.5 Å². The van der Waals surface area contributed by atoms with Crippen molar-refractivity contribution in [3.8, 4) is 10.7 Å². The van der Waals surface area contributed by atoms with Crippen molar-refractivity contribution < 1.29 is 9.53 Å². The van der Waals surface area contributed by atoms with E-state index in [2.05, 4.69) is 9.97 Å². The van der Waals surface area contributed by atoms with Gasteiger partial charge in [-0.25, -0.2) is 4.98 Å². The molecule has 2 aliphatic rings. The molecule has 4 heterocycles. The molecule has 24 heavy (non-hydrogen) atoms. The minimum Gasteiger partial charge on any atom is -0.378 e. The van der Waals surface area contributed by atoms with Gasteiger partial charge in [0.2, 0.25) is 0 Å². The standard InChI is InChI=1S/C18H21N3O2S/c22-18(15-12-24-17(20-15)14-4-1-2-8-19-14)21-9-6-13(7-10-21)16-5-3-11-23-16/h1-2,4,8,12-13,16H,3,5-7,9-11H2. The third-order valence-electron chi connectivity index (χ3n) is 4.92. The number of rotatable bonds is 3. The molecule has 0 aromatic carbocycles. The van der Waals surface area contributed by atoms with Gasteiger partial charge in [0.1, 0.15) is 10.7 Å². The number of nitrogens with zero attached hydrogens (tertiary/aromatic N) is 3. The summed E-state index contributed by atoms with van der Waals surface area (Å²) < 4.78 is 5.80. The van der Waals surface area contributed by atoms with Crippen LogP contribution in [0.2, 0.25) is 0 Å². The van der Waals surface area contributed by atoms with Crippen LogP contribution in [0.25, 0.3) is 10.7 Å². The Bertz CT molecular complexity index is 689. The van der Waals surface area contributed by atoms with Crippen molar-refractivity contribution >= 4 is 17.2 Å². The maximum atomic E-state index is 12.7. The molecular weight excluding hydrogens is 322 g/mol. The number of likely N-dealkylation sites (tertiary alicyclic amines) is 1. The lowest BCUT2D eigenvalue weighted by atomic mass is 9.90. The molecule has 6 heteroatoms. The minimum absolute atomic E-state index is 0.0409. The lowest BCUT2D eigenvalue weighted by Gasteiger charge is -2.34. The van der Waals surface area contributed by atoms with Gasteiger partial charge in [0.05, 0.1) is 11.8 Å². The molecule has 0 spiro atoms. The monoisotopic (exact) mass is 343 g/mol. The van der Waals surface area contributed by atoms with Crippen LogP contribution in [0, 0.1) is 5.92 Å². The Balaban J connectivity index is 1.39. The molecule has 2 saturated heterocycles. The first-order valence-corrected chi connectivity index (χ1v) is 9.47. The zero-order valence-electron chi connectivity index (χ0n) is 13.6. The molecule has 2 fully saturated rings. The summed E-state index contributed by atoms with van der Waals surface area (Å²) in [7, 11) is 0. The molecule has 1 unspecified atom stereocenters. The highest BCUT2D eigenvalue weighted by molar-refractivity contribution is 7.13. The second-order valence-corrected chi connectivity index (χ2v) is 7.29. The number of hydrogen-bond acceptors (Lipinski definition) is 5. The van der Waals surface area contributed by atoms with Crippen molar-refractivity contribution in [1.29, 1.82) is 0 Å². The van der Waals surface area contributed by atoms with E-state index in [0.717, 1.165) is 43.2 Å². The predicted molar refractivity (Wildman–Crippen MR) is 92.9 cm³/mol. The molecule has 1 amide bonds. The van der Waals surface area contributed by atoms with Crippen molar-refractivity contribution in [3.63, 3.8) is 0 Å². The zero-order chi connectivity index (χ0) is 16.4. The van der Waals surface area contributed by atoms with E-state index in [1.807, 2.05) is 28.5 Å². The zero-order valence-corrected chi connectivity index (χ0v) is 14.4. The van der Waals surface area contributed by atoms with Crippen LogP contribution < -0.4 is 0 Å². The highest BCUT2D eigenvalue weighted by Crippen LogP contribution is 2.30. The number of hydrogen-bond donors (Lipinski definition) is 0. The van der Waals surface area contributed by atoms with Gasteiger partial charge in [0.15, 0.2) is 0 Å². The molecule has 2 aromatic heterocycles. The predicted octanol–water partition coefficient (Wildman–Crippen LogP) is 3.24. The minimum atomic E-state index is 0.0409. The summed E-state index contributed by atoms with van der Waals surface area (Å²) in [6.07, 6.45) is 6.59. The fourth-order valence-electron chi connectivity index (χ4n) is 3.59. The number of carbonyl (C=O) groups excluding carboxylic acids is 1. The third-order valence-corrected chi connectivity index (χ3v) is 5.79. The fourth-order valence-corrected chi connectivity index (χ4v) is 4.36. The van der Waals surface area contributed by atoms with Crippen LogP contribution in [-0.2, 0) is 4.74 Å². The van der Waals surface area contributed by atoms with Crippen LogP contribution in [0.4, 0.5) is 0 Å². The fraction of sp³-hybridized carbons (Fsp3) is 0.500. The van der Waals surface area contributed by atoms with E-state index < -0.39 is 0 Å². The molecule has 1 atom stereocenters. The smallest absolute Gasteiger partial charge is 0.273 e. The maximum absolute atomic E-state index is 12.7. The number of piperidine rings is 1. The van der Waals surface area contributed by atoms with Gasteiger partial charge in [0, 0.05) is 31.3 Å². The number of aromatic nitrogens is 2. The second-order valence-electron chi connectivity index (χ2n) is 6.43. The lowest BCUT2D eigenvalue weighted by Crippen LogP contribution is -2.41. The number of carbonyl (C=O) groups is 1. The molecule has 4 rings (SSSR count). The van der Waals surface area contributed by atoms with Crippen molar-refractivity contribution in [2.75, 3.05) is 19.7 Å². The molecular formula is C18H21N3O2S. The largest absolute Gasteiger partial charge is 0.378 e. The Kier molecular flexibility index (Phi) is 4.58. The molecule has 0 N–H and O–H groups in total. The first-order chi connectivity index (χ1) is 11.8. The van der Waals surface area contributed by atoms with Gasteiger partial charge >= 0.3 is 0 Å². The van der Waals surface area contributed by atoms with E-state index in [-0.39, 0.29) is 5.91 Å². The van der Waals surface area contributed by atoms with E-state index in [1.165, 1.54) is 24.2 Å². The number of pyridine rings is 1. The van der Waals surface area contributed by atoms with Gasteiger partial charge in [-0.1, -0.05) is 6.07 Å². The first-order valence-electron chi connectivity index (χ1n) is 8.59. The van der Waals surface area contributed by atoms with E-state index in [0.29, 0.717) is 17.7 Å². The summed E-state index contributed by atoms with van der Waals surface area (Å²) in [6.45, 7) is 2.51. The van der Waals surface area contributed by atoms with E-state index >= 15 is 0 Å². The summed E-state index contributed by atoms with van der Waals surface area (Å²) in [5.74, 6) is 0.648. The van der Waals surface area contributed by atoms with E-state index in [1.54, 1.807) is 6.20 Å². The average molecular weight is 343 g/mol. The van der Waals surface area contributed by atoms with E-state index in [9.17, 15) is 4.79 Å². The normalized spacial score (nSPS) is 22.0. The van der Waals surface area contributed by atoms with Crippen molar-refractivity contribution in [2.24, 2.45) is 5.92 Å². The summed E-state index contributed by atoms with van der Waals surface area (Å²) in [6, 6.07) is 5.72. The maximum Gasteiger partial charge on any atom is 0.273 e. The second kappa shape index (κ2) is 6.99. The Morgan fingerprint density at radius 1 is 1.25 bits per heavy atom. The SMILES string of the molecule is O=C(c1csc(-c2ccccn2)n1)N1CCC(C2CCCO2)CC1. The van der Waals surface area contributed by atoms with Gasteiger partial charge in [-0.2, -0.15) is 0 Å². The first kappa shape index (κ1) is 15.7. The average Bonchev–Trinajstić information content (AvgIpc) is 3.34. The van der Waals surface area contributed by atoms with Crippen LogP contribution in [-0.4, -0.2) is 46.6 Å². The topological polar surface area (TPSA) is 55.3 Å². The molecule has 2 aliphatic heterocycles. The number of thiazole rings is 1. The van der Waals surface area contributed by atoms with Crippen LogP contribution >= 0.6 is 11.3 Å². The Morgan fingerprint density at radius 2 is 2.12 bits per heavy atom. The molecule has 0 saturated carbocycles. The van der Waals surface area contributed by atoms with Crippen molar-refractivity contribution in [2.45, 2.75) is 31.8 Å². The molecule has 0 radical (unpaired) electrons. The Labute approximate surface area is 145 Å². The summed E-state index contributed by atoms with van der Waals surface area (Å²) in [4.78, 5) is 23.4. The van der Waals surface area contributed by atoms with Gasteiger partial charge in [-0.3, -0.25) is 9.78 Å². The molecule has 126 valence electrons. The van der Waals surface area contributed by atoms with Crippen LogP contribution in [0.1, 0.15) is 36.2 Å². The van der Waals surface area contributed by atoms with Gasteiger partial charge in [-0.05, 0) is 43.7 Å².